The molecule has 1 fully saturated rings. The van der Waals surface area contributed by atoms with Gasteiger partial charge in [0.05, 0.1) is 5.25 Å². The number of nitrogens with zero attached hydrogens (tertiary/aromatic N) is 1. The van der Waals surface area contributed by atoms with Crippen LogP contribution in [0.15, 0.2) is 35.8 Å². The maximum Gasteiger partial charge on any atom is 0.238 e. The van der Waals surface area contributed by atoms with Crippen LogP contribution in [0.3, 0.4) is 0 Å². The van der Waals surface area contributed by atoms with Crippen LogP contribution in [0.1, 0.15) is 0 Å². The number of thiazole rings is 1. The fraction of sp³-hybridized carbons (Fsp3) is 0.286. The minimum atomic E-state index is 0.0763. The van der Waals surface area contributed by atoms with Crippen molar-refractivity contribution in [1.29, 1.82) is 0 Å². The first-order valence-electron chi connectivity index (χ1n) is 6.33. The average molecular weight is 322 g/mol. The Morgan fingerprint density at radius 2 is 2.10 bits per heavy atom. The molecule has 2 heterocycles. The molecule has 2 aromatic rings. The molecule has 1 unspecified atom stereocenters. The zero-order chi connectivity index (χ0) is 13.8. The summed E-state index contributed by atoms with van der Waals surface area (Å²) >= 11 is 5.22. The molecule has 0 aliphatic carbocycles. The lowest BCUT2D eigenvalue weighted by Gasteiger charge is -2.20. The summed E-state index contributed by atoms with van der Waals surface area (Å²) in [6, 6.07) is 7.87. The normalized spacial score (nSPS) is 18.7. The van der Waals surface area contributed by atoms with E-state index in [2.05, 4.69) is 10.3 Å². The van der Waals surface area contributed by atoms with E-state index in [1.807, 2.05) is 41.4 Å². The third-order valence-corrected chi connectivity index (χ3v) is 6.52. The monoisotopic (exact) mass is 322 g/mol. The lowest BCUT2D eigenvalue weighted by Crippen LogP contribution is -2.30. The standard InChI is InChI=1S/C14H14N2OS3/c17-13(12-9-18-7-8-19-12)16-11-3-1-10(2-4-11)14-15-5-6-20-14/h1-6,12H,7-9H2,(H,16,17). The van der Waals surface area contributed by atoms with E-state index in [4.69, 9.17) is 0 Å². The van der Waals surface area contributed by atoms with Gasteiger partial charge in [0.1, 0.15) is 5.01 Å². The summed E-state index contributed by atoms with van der Waals surface area (Å²) in [6.07, 6.45) is 1.80. The molecule has 20 heavy (non-hydrogen) atoms. The summed E-state index contributed by atoms with van der Waals surface area (Å²) in [7, 11) is 0. The van der Waals surface area contributed by atoms with E-state index in [9.17, 15) is 4.79 Å². The second kappa shape index (κ2) is 6.65. The van der Waals surface area contributed by atoms with Crippen molar-refractivity contribution in [2.24, 2.45) is 0 Å². The van der Waals surface area contributed by atoms with Crippen molar-refractivity contribution in [2.45, 2.75) is 5.25 Å². The molecule has 0 saturated carbocycles. The van der Waals surface area contributed by atoms with E-state index in [1.54, 1.807) is 29.3 Å². The molecular weight excluding hydrogens is 308 g/mol. The van der Waals surface area contributed by atoms with Crippen LogP contribution in [0.25, 0.3) is 10.6 Å². The lowest BCUT2D eigenvalue weighted by atomic mass is 10.2. The highest BCUT2D eigenvalue weighted by atomic mass is 32.2. The third-order valence-electron chi connectivity index (χ3n) is 2.94. The number of aromatic nitrogens is 1. The second-order valence-corrected chi connectivity index (χ2v) is 7.69. The van der Waals surface area contributed by atoms with Gasteiger partial charge < -0.3 is 5.32 Å². The zero-order valence-electron chi connectivity index (χ0n) is 10.7. The second-order valence-electron chi connectivity index (χ2n) is 4.34. The van der Waals surface area contributed by atoms with Crippen molar-refractivity contribution in [3.8, 4) is 10.6 Å². The van der Waals surface area contributed by atoms with Gasteiger partial charge in [-0.05, 0) is 24.3 Å². The zero-order valence-corrected chi connectivity index (χ0v) is 13.2. The highest BCUT2D eigenvalue weighted by Crippen LogP contribution is 2.26. The molecular formula is C14H14N2OS3. The number of carbonyl (C=O) groups excluding carboxylic acids is 1. The first-order valence-corrected chi connectivity index (χ1v) is 9.41. The Balaban J connectivity index is 1.64. The van der Waals surface area contributed by atoms with Gasteiger partial charge in [-0.15, -0.1) is 23.1 Å². The van der Waals surface area contributed by atoms with E-state index >= 15 is 0 Å². The lowest BCUT2D eigenvalue weighted by molar-refractivity contribution is -0.115. The predicted molar refractivity (Wildman–Crippen MR) is 89.8 cm³/mol. The van der Waals surface area contributed by atoms with Crippen molar-refractivity contribution >= 4 is 46.5 Å². The quantitative estimate of drug-likeness (QED) is 0.937. The minimum Gasteiger partial charge on any atom is -0.325 e. The van der Waals surface area contributed by atoms with Crippen LogP contribution in [-0.4, -0.2) is 33.4 Å². The maximum atomic E-state index is 12.1. The number of rotatable bonds is 3. The van der Waals surface area contributed by atoms with Gasteiger partial charge >= 0.3 is 0 Å². The van der Waals surface area contributed by atoms with Gasteiger partial charge in [0, 0.05) is 40.1 Å². The van der Waals surface area contributed by atoms with Crippen molar-refractivity contribution in [2.75, 3.05) is 22.6 Å². The fourth-order valence-electron chi connectivity index (χ4n) is 1.92. The number of amides is 1. The summed E-state index contributed by atoms with van der Waals surface area (Å²) in [6.45, 7) is 0. The molecule has 6 heteroatoms. The first-order chi connectivity index (χ1) is 9.83. The maximum absolute atomic E-state index is 12.1. The van der Waals surface area contributed by atoms with Gasteiger partial charge in [0.15, 0.2) is 0 Å². The Kier molecular flexibility index (Phi) is 4.65. The highest BCUT2D eigenvalue weighted by Gasteiger charge is 2.22. The van der Waals surface area contributed by atoms with Gasteiger partial charge in [-0.25, -0.2) is 4.98 Å². The van der Waals surface area contributed by atoms with Gasteiger partial charge in [0.2, 0.25) is 5.91 Å². The van der Waals surface area contributed by atoms with E-state index in [0.29, 0.717) is 0 Å². The number of nitrogens with one attached hydrogen (secondary N) is 1. The Hall–Kier alpha value is -0.980. The summed E-state index contributed by atoms with van der Waals surface area (Å²) in [5, 5.41) is 6.03. The third kappa shape index (κ3) is 3.37. The minimum absolute atomic E-state index is 0.0763. The number of hydrogen-bond acceptors (Lipinski definition) is 5. The number of anilines is 1. The molecule has 1 aliphatic rings. The molecule has 0 bridgehead atoms. The van der Waals surface area contributed by atoms with Crippen molar-refractivity contribution in [3.63, 3.8) is 0 Å². The van der Waals surface area contributed by atoms with Crippen LogP contribution in [-0.2, 0) is 4.79 Å². The molecule has 1 aromatic carbocycles. The fourth-order valence-corrected chi connectivity index (χ4v) is 5.13. The Bertz CT molecular complexity index is 563. The van der Waals surface area contributed by atoms with Crippen molar-refractivity contribution < 1.29 is 4.79 Å². The Labute approximate surface area is 130 Å². The highest BCUT2D eigenvalue weighted by molar-refractivity contribution is 8.07. The topological polar surface area (TPSA) is 42.0 Å². The summed E-state index contributed by atoms with van der Waals surface area (Å²) in [4.78, 5) is 16.4. The largest absolute Gasteiger partial charge is 0.325 e. The summed E-state index contributed by atoms with van der Waals surface area (Å²) in [5.74, 6) is 3.24. The average Bonchev–Trinajstić information content (AvgIpc) is 3.03. The number of benzene rings is 1. The van der Waals surface area contributed by atoms with Crippen LogP contribution in [0, 0.1) is 0 Å². The van der Waals surface area contributed by atoms with Crippen LogP contribution in [0.2, 0.25) is 0 Å². The van der Waals surface area contributed by atoms with E-state index in [-0.39, 0.29) is 11.2 Å². The van der Waals surface area contributed by atoms with Gasteiger partial charge in [0.25, 0.3) is 0 Å². The van der Waals surface area contributed by atoms with Gasteiger partial charge in [-0.3, -0.25) is 4.79 Å². The molecule has 104 valence electrons. The number of carbonyl (C=O) groups is 1. The van der Waals surface area contributed by atoms with Gasteiger partial charge in [-0.2, -0.15) is 11.8 Å². The Morgan fingerprint density at radius 3 is 2.75 bits per heavy atom. The smallest absolute Gasteiger partial charge is 0.238 e. The molecule has 1 amide bonds. The van der Waals surface area contributed by atoms with Gasteiger partial charge in [-0.1, -0.05) is 0 Å². The van der Waals surface area contributed by atoms with E-state index in [1.165, 1.54) is 0 Å². The van der Waals surface area contributed by atoms with Crippen molar-refractivity contribution in [3.05, 3.63) is 35.8 Å². The van der Waals surface area contributed by atoms with Crippen LogP contribution in [0.4, 0.5) is 5.69 Å². The molecule has 1 N–H and O–H groups in total. The van der Waals surface area contributed by atoms with E-state index < -0.39 is 0 Å². The molecule has 0 spiro atoms. The van der Waals surface area contributed by atoms with Crippen LogP contribution in [0.5, 0.6) is 0 Å². The number of hydrogen-bond donors (Lipinski definition) is 1. The molecule has 3 nitrogen and oxygen atoms in total. The summed E-state index contributed by atoms with van der Waals surface area (Å²) in [5.41, 5.74) is 1.94. The Morgan fingerprint density at radius 1 is 1.25 bits per heavy atom. The molecule has 1 aromatic heterocycles. The predicted octanol–water partition coefficient (Wildman–Crippen LogP) is 3.60. The molecule has 1 saturated heterocycles. The molecule has 3 rings (SSSR count). The molecule has 1 atom stereocenters. The molecule has 0 radical (unpaired) electrons. The van der Waals surface area contributed by atoms with E-state index in [0.717, 1.165) is 33.5 Å². The SMILES string of the molecule is O=C(Nc1ccc(-c2nccs2)cc1)C1CSCCS1. The molecule has 1 aliphatic heterocycles. The number of thioether (sulfide) groups is 2. The first kappa shape index (κ1) is 14.0. The van der Waals surface area contributed by atoms with Crippen molar-refractivity contribution in [1.82, 2.24) is 4.98 Å². The summed E-state index contributed by atoms with van der Waals surface area (Å²) < 4.78 is 0. The van der Waals surface area contributed by atoms with Crippen LogP contribution >= 0.6 is 34.9 Å². The van der Waals surface area contributed by atoms with Crippen LogP contribution < -0.4 is 5.32 Å².